The largest absolute Gasteiger partial charge is 0.481 e. The molecule has 16 heavy (non-hydrogen) atoms. The summed E-state index contributed by atoms with van der Waals surface area (Å²) in [5.41, 5.74) is -0.846. The molecule has 0 spiro atoms. The Bertz CT molecular complexity index is 268. The van der Waals surface area contributed by atoms with E-state index in [-0.39, 0.29) is 13.0 Å². The molecule has 1 saturated carbocycles. The number of aliphatic carboxylic acids is 2. The van der Waals surface area contributed by atoms with Gasteiger partial charge in [-0.1, -0.05) is 12.8 Å². The monoisotopic (exact) mass is 230 g/mol. The van der Waals surface area contributed by atoms with E-state index in [4.69, 9.17) is 9.84 Å². The highest BCUT2D eigenvalue weighted by molar-refractivity contribution is 5.77. The molecule has 0 aromatic carbocycles. The maximum absolute atomic E-state index is 11.3. The van der Waals surface area contributed by atoms with Gasteiger partial charge in [0.2, 0.25) is 0 Å². The molecule has 1 aliphatic carbocycles. The number of hydrogen-bond donors (Lipinski definition) is 2. The van der Waals surface area contributed by atoms with Crippen molar-refractivity contribution in [2.75, 3.05) is 13.7 Å². The van der Waals surface area contributed by atoms with Gasteiger partial charge in [-0.05, 0) is 19.3 Å². The fraction of sp³-hybridized carbons (Fsp3) is 0.818. The van der Waals surface area contributed by atoms with E-state index in [1.165, 1.54) is 7.11 Å². The van der Waals surface area contributed by atoms with Crippen molar-refractivity contribution in [1.82, 2.24) is 0 Å². The van der Waals surface area contributed by atoms with Crippen molar-refractivity contribution < 1.29 is 24.5 Å². The maximum Gasteiger partial charge on any atom is 0.309 e. The number of rotatable bonds is 6. The maximum atomic E-state index is 11.3. The molecular formula is C11H18O5. The van der Waals surface area contributed by atoms with E-state index in [9.17, 15) is 14.7 Å². The number of hydrogen-bond acceptors (Lipinski definition) is 3. The highest BCUT2D eigenvalue weighted by Gasteiger charge is 2.44. The molecule has 1 unspecified atom stereocenters. The predicted octanol–water partition coefficient (Wildman–Crippen LogP) is 1.37. The molecule has 5 heteroatoms. The van der Waals surface area contributed by atoms with Crippen LogP contribution in [-0.4, -0.2) is 35.9 Å². The number of ether oxygens (including phenoxy) is 1. The van der Waals surface area contributed by atoms with Gasteiger partial charge in [0.25, 0.3) is 0 Å². The molecule has 5 nitrogen and oxygen atoms in total. The van der Waals surface area contributed by atoms with Crippen LogP contribution in [0, 0.1) is 11.3 Å². The van der Waals surface area contributed by atoms with Crippen molar-refractivity contribution in [3.8, 4) is 0 Å². The second kappa shape index (κ2) is 5.30. The van der Waals surface area contributed by atoms with Crippen molar-refractivity contribution in [2.45, 2.75) is 32.1 Å². The number of carboxylic acids is 2. The van der Waals surface area contributed by atoms with E-state index >= 15 is 0 Å². The minimum atomic E-state index is -0.977. The Kier molecular flexibility index (Phi) is 4.29. The lowest BCUT2D eigenvalue weighted by Gasteiger charge is -2.26. The molecule has 0 bridgehead atoms. The summed E-state index contributed by atoms with van der Waals surface area (Å²) in [6.45, 7) is 0.0738. The molecule has 1 atom stereocenters. The third-order valence-corrected chi connectivity index (χ3v) is 3.37. The van der Waals surface area contributed by atoms with Gasteiger partial charge in [-0.2, -0.15) is 0 Å². The Hall–Kier alpha value is -1.10. The fourth-order valence-corrected chi connectivity index (χ4v) is 2.45. The molecular weight excluding hydrogens is 212 g/mol. The highest BCUT2D eigenvalue weighted by Crippen LogP contribution is 2.43. The summed E-state index contributed by atoms with van der Waals surface area (Å²) in [6.07, 6.45) is 3.06. The zero-order valence-corrected chi connectivity index (χ0v) is 9.44. The minimum Gasteiger partial charge on any atom is -0.481 e. The quantitative estimate of drug-likeness (QED) is 0.720. The van der Waals surface area contributed by atoms with Gasteiger partial charge >= 0.3 is 11.9 Å². The van der Waals surface area contributed by atoms with Gasteiger partial charge in [0.15, 0.2) is 0 Å². The van der Waals surface area contributed by atoms with Gasteiger partial charge in [0.1, 0.15) is 0 Å². The van der Waals surface area contributed by atoms with Gasteiger partial charge in [0, 0.05) is 7.11 Å². The summed E-state index contributed by atoms with van der Waals surface area (Å²) in [6, 6.07) is 0. The average Bonchev–Trinajstić information content (AvgIpc) is 2.67. The van der Waals surface area contributed by atoms with E-state index in [0.717, 1.165) is 12.8 Å². The van der Waals surface area contributed by atoms with Crippen LogP contribution in [0.2, 0.25) is 0 Å². The van der Waals surface area contributed by atoms with Crippen LogP contribution in [0.5, 0.6) is 0 Å². The summed E-state index contributed by atoms with van der Waals surface area (Å²) in [5, 5.41) is 18.2. The third kappa shape index (κ3) is 2.72. The SMILES string of the molecule is COCC(CC1(C(=O)O)CCCC1)C(=O)O. The van der Waals surface area contributed by atoms with Crippen LogP contribution < -0.4 is 0 Å². The summed E-state index contributed by atoms with van der Waals surface area (Å²) in [5.74, 6) is -2.57. The number of carbonyl (C=O) groups is 2. The van der Waals surface area contributed by atoms with Gasteiger partial charge in [0.05, 0.1) is 17.9 Å². The molecule has 0 aliphatic heterocycles. The van der Waals surface area contributed by atoms with Gasteiger partial charge < -0.3 is 14.9 Å². The summed E-state index contributed by atoms with van der Waals surface area (Å²) in [4.78, 5) is 22.2. The van der Waals surface area contributed by atoms with E-state index in [1.54, 1.807) is 0 Å². The standard InChI is InChI=1S/C11H18O5/c1-16-7-8(9(12)13)6-11(10(14)15)4-2-3-5-11/h8H,2-7H2,1H3,(H,12,13)(H,14,15). The fourth-order valence-electron chi connectivity index (χ4n) is 2.45. The molecule has 0 aromatic heterocycles. The van der Waals surface area contributed by atoms with Gasteiger partial charge in [-0.25, -0.2) is 0 Å². The van der Waals surface area contributed by atoms with Crippen LogP contribution in [0.3, 0.4) is 0 Å². The summed E-state index contributed by atoms with van der Waals surface area (Å²) < 4.78 is 4.83. The zero-order valence-electron chi connectivity index (χ0n) is 9.44. The molecule has 0 aromatic rings. The first-order chi connectivity index (χ1) is 7.52. The molecule has 1 fully saturated rings. The first-order valence-electron chi connectivity index (χ1n) is 5.47. The smallest absolute Gasteiger partial charge is 0.309 e. The minimum absolute atomic E-state index is 0.0738. The molecule has 1 aliphatic rings. The second-order valence-electron chi connectivity index (χ2n) is 4.49. The molecule has 0 saturated heterocycles. The van der Waals surface area contributed by atoms with Crippen LogP contribution in [0.1, 0.15) is 32.1 Å². The number of carboxylic acid groups (broad SMARTS) is 2. The van der Waals surface area contributed by atoms with Crippen molar-refractivity contribution in [3.63, 3.8) is 0 Å². The van der Waals surface area contributed by atoms with E-state index in [1.807, 2.05) is 0 Å². The Morgan fingerprint density at radius 3 is 2.25 bits per heavy atom. The third-order valence-electron chi connectivity index (χ3n) is 3.37. The van der Waals surface area contributed by atoms with E-state index in [0.29, 0.717) is 12.8 Å². The molecule has 0 heterocycles. The van der Waals surface area contributed by atoms with Crippen LogP contribution in [0.25, 0.3) is 0 Å². The molecule has 2 N–H and O–H groups in total. The van der Waals surface area contributed by atoms with Crippen LogP contribution in [0.4, 0.5) is 0 Å². The summed E-state index contributed by atoms with van der Waals surface area (Å²) >= 11 is 0. The van der Waals surface area contributed by atoms with Gasteiger partial charge in [-0.15, -0.1) is 0 Å². The molecule has 0 amide bonds. The predicted molar refractivity (Wildman–Crippen MR) is 56.2 cm³/mol. The molecule has 1 rings (SSSR count). The first-order valence-corrected chi connectivity index (χ1v) is 5.47. The van der Waals surface area contributed by atoms with E-state index < -0.39 is 23.3 Å². The summed E-state index contributed by atoms with van der Waals surface area (Å²) in [7, 11) is 1.43. The Labute approximate surface area is 94.4 Å². The first kappa shape index (κ1) is 13.0. The van der Waals surface area contributed by atoms with Crippen LogP contribution >= 0.6 is 0 Å². The number of methoxy groups -OCH3 is 1. The lowest BCUT2D eigenvalue weighted by atomic mass is 9.78. The molecule has 0 radical (unpaired) electrons. The topological polar surface area (TPSA) is 83.8 Å². The normalized spacial score (nSPS) is 20.6. The van der Waals surface area contributed by atoms with Crippen molar-refractivity contribution in [1.29, 1.82) is 0 Å². The van der Waals surface area contributed by atoms with Crippen LogP contribution in [0.15, 0.2) is 0 Å². The van der Waals surface area contributed by atoms with Crippen molar-refractivity contribution in [3.05, 3.63) is 0 Å². The molecule has 92 valence electrons. The van der Waals surface area contributed by atoms with Crippen molar-refractivity contribution >= 4 is 11.9 Å². The van der Waals surface area contributed by atoms with Crippen molar-refractivity contribution in [2.24, 2.45) is 11.3 Å². The highest BCUT2D eigenvalue weighted by atomic mass is 16.5. The Morgan fingerprint density at radius 1 is 1.31 bits per heavy atom. The lowest BCUT2D eigenvalue weighted by molar-refractivity contribution is -0.153. The van der Waals surface area contributed by atoms with Gasteiger partial charge in [-0.3, -0.25) is 9.59 Å². The Balaban J connectivity index is 2.73. The second-order valence-corrected chi connectivity index (χ2v) is 4.49. The lowest BCUT2D eigenvalue weighted by Crippen LogP contribution is -2.34. The van der Waals surface area contributed by atoms with Crippen LogP contribution in [-0.2, 0) is 14.3 Å². The zero-order chi connectivity index (χ0) is 12.2. The van der Waals surface area contributed by atoms with E-state index in [2.05, 4.69) is 0 Å². The average molecular weight is 230 g/mol. The Morgan fingerprint density at radius 2 is 1.88 bits per heavy atom.